The van der Waals surface area contributed by atoms with Crippen molar-refractivity contribution in [3.8, 4) is 0 Å². The summed E-state index contributed by atoms with van der Waals surface area (Å²) in [5.74, 6) is 4.79. The molecule has 0 saturated carbocycles. The fourth-order valence-electron chi connectivity index (χ4n) is 1.76. The van der Waals surface area contributed by atoms with Gasteiger partial charge in [0.1, 0.15) is 0 Å². The molecular formula is C15H31N3O4. The van der Waals surface area contributed by atoms with Crippen LogP contribution in [0.5, 0.6) is 0 Å². The molecule has 0 heterocycles. The van der Waals surface area contributed by atoms with Crippen molar-refractivity contribution in [3.05, 3.63) is 0 Å². The monoisotopic (exact) mass is 317 g/mol. The van der Waals surface area contributed by atoms with Crippen molar-refractivity contribution in [2.75, 3.05) is 19.8 Å². The Kier molecular flexibility index (Phi) is 9.24. The smallest absolute Gasteiger partial charge is 0.233 e. The van der Waals surface area contributed by atoms with Crippen LogP contribution in [0.15, 0.2) is 0 Å². The van der Waals surface area contributed by atoms with Gasteiger partial charge >= 0.3 is 0 Å². The molecule has 0 unspecified atom stereocenters. The molecule has 0 aromatic rings. The SMILES string of the molecule is CC(=O)NCCOC(C)(C)CCOC(C)(C)CCC(=O)NN. The number of nitrogens with two attached hydrogens (primary N) is 1. The van der Waals surface area contributed by atoms with E-state index in [0.29, 0.717) is 32.6 Å². The minimum Gasteiger partial charge on any atom is -0.375 e. The van der Waals surface area contributed by atoms with Crippen molar-refractivity contribution < 1.29 is 19.1 Å². The van der Waals surface area contributed by atoms with E-state index in [2.05, 4.69) is 10.7 Å². The fraction of sp³-hybridized carbons (Fsp3) is 0.867. The number of hydrazine groups is 1. The van der Waals surface area contributed by atoms with Crippen molar-refractivity contribution in [1.29, 1.82) is 0 Å². The minimum atomic E-state index is -0.390. The number of carbonyl (C=O) groups excluding carboxylic acids is 2. The molecule has 0 radical (unpaired) electrons. The maximum atomic E-state index is 11.1. The highest BCUT2D eigenvalue weighted by molar-refractivity contribution is 5.75. The molecule has 0 spiro atoms. The Bertz CT molecular complexity index is 357. The van der Waals surface area contributed by atoms with Crippen LogP contribution in [0.2, 0.25) is 0 Å². The third kappa shape index (κ3) is 11.5. The van der Waals surface area contributed by atoms with Crippen LogP contribution >= 0.6 is 0 Å². The van der Waals surface area contributed by atoms with E-state index in [9.17, 15) is 9.59 Å². The molecule has 0 aliphatic carbocycles. The standard InChI is InChI=1S/C15H31N3O4/c1-12(19)17-9-11-22-15(4,5)8-10-21-14(2,3)7-6-13(20)18-16/h6-11,16H2,1-5H3,(H,17,19)(H,18,20). The summed E-state index contributed by atoms with van der Waals surface area (Å²) in [5, 5.41) is 2.69. The Morgan fingerprint density at radius 3 is 2.09 bits per heavy atom. The normalized spacial score (nSPS) is 12.1. The van der Waals surface area contributed by atoms with Crippen LogP contribution in [0.4, 0.5) is 0 Å². The lowest BCUT2D eigenvalue weighted by Crippen LogP contribution is -2.35. The Morgan fingerprint density at radius 1 is 1.00 bits per heavy atom. The van der Waals surface area contributed by atoms with E-state index in [-0.39, 0.29) is 17.4 Å². The lowest BCUT2D eigenvalue weighted by Gasteiger charge is -2.29. The van der Waals surface area contributed by atoms with Gasteiger partial charge in [-0.05, 0) is 40.5 Å². The maximum Gasteiger partial charge on any atom is 0.233 e. The van der Waals surface area contributed by atoms with Crippen LogP contribution < -0.4 is 16.6 Å². The van der Waals surface area contributed by atoms with Gasteiger partial charge in [-0.2, -0.15) is 0 Å². The third-order valence-corrected chi connectivity index (χ3v) is 3.28. The van der Waals surface area contributed by atoms with Crippen molar-refractivity contribution in [2.24, 2.45) is 5.84 Å². The summed E-state index contributed by atoms with van der Waals surface area (Å²) in [6.07, 6.45) is 1.65. The molecule has 130 valence electrons. The first-order valence-electron chi connectivity index (χ1n) is 7.60. The number of amides is 2. The molecular weight excluding hydrogens is 286 g/mol. The fourth-order valence-corrected chi connectivity index (χ4v) is 1.76. The number of nitrogens with one attached hydrogen (secondary N) is 2. The van der Waals surface area contributed by atoms with E-state index < -0.39 is 5.60 Å². The van der Waals surface area contributed by atoms with Crippen molar-refractivity contribution in [3.63, 3.8) is 0 Å². The summed E-state index contributed by atoms with van der Waals surface area (Å²) in [5.41, 5.74) is 1.39. The summed E-state index contributed by atoms with van der Waals surface area (Å²) in [7, 11) is 0. The highest BCUT2D eigenvalue weighted by Crippen LogP contribution is 2.20. The molecule has 0 rings (SSSR count). The van der Waals surface area contributed by atoms with E-state index in [4.69, 9.17) is 15.3 Å². The molecule has 7 nitrogen and oxygen atoms in total. The van der Waals surface area contributed by atoms with Gasteiger partial charge in [-0.3, -0.25) is 15.0 Å². The highest BCUT2D eigenvalue weighted by Gasteiger charge is 2.23. The lowest BCUT2D eigenvalue weighted by molar-refractivity contribution is -0.123. The van der Waals surface area contributed by atoms with Crippen molar-refractivity contribution >= 4 is 11.8 Å². The molecule has 0 aliphatic heterocycles. The van der Waals surface area contributed by atoms with Crippen LogP contribution in [-0.2, 0) is 19.1 Å². The quantitative estimate of drug-likeness (QED) is 0.227. The van der Waals surface area contributed by atoms with Crippen LogP contribution in [0.25, 0.3) is 0 Å². The third-order valence-electron chi connectivity index (χ3n) is 3.28. The molecule has 0 aromatic carbocycles. The van der Waals surface area contributed by atoms with E-state index >= 15 is 0 Å². The van der Waals surface area contributed by atoms with Gasteiger partial charge in [0.15, 0.2) is 0 Å². The Hall–Kier alpha value is -1.18. The summed E-state index contributed by atoms with van der Waals surface area (Å²) in [6.45, 7) is 10.8. The molecule has 4 N–H and O–H groups in total. The van der Waals surface area contributed by atoms with Gasteiger partial charge in [-0.25, -0.2) is 5.84 Å². The van der Waals surface area contributed by atoms with Crippen molar-refractivity contribution in [1.82, 2.24) is 10.7 Å². The van der Waals surface area contributed by atoms with Gasteiger partial charge in [0.25, 0.3) is 0 Å². The van der Waals surface area contributed by atoms with Gasteiger partial charge < -0.3 is 14.8 Å². The average Bonchev–Trinajstić information content (AvgIpc) is 2.40. The largest absolute Gasteiger partial charge is 0.375 e. The molecule has 0 bridgehead atoms. The Balaban J connectivity index is 3.94. The van der Waals surface area contributed by atoms with Gasteiger partial charge in [-0.15, -0.1) is 0 Å². The molecule has 0 atom stereocenters. The summed E-state index contributed by atoms with van der Waals surface area (Å²) in [6, 6.07) is 0. The number of rotatable bonds is 11. The number of hydrogen-bond acceptors (Lipinski definition) is 5. The zero-order valence-electron chi connectivity index (χ0n) is 14.5. The molecule has 7 heteroatoms. The molecule has 2 amide bonds. The second kappa shape index (κ2) is 9.76. The Morgan fingerprint density at radius 2 is 1.55 bits per heavy atom. The topological polar surface area (TPSA) is 103 Å². The summed E-state index contributed by atoms with van der Waals surface area (Å²) in [4.78, 5) is 21.9. The lowest BCUT2D eigenvalue weighted by atomic mass is 10.0. The molecule has 22 heavy (non-hydrogen) atoms. The zero-order chi connectivity index (χ0) is 17.2. The maximum absolute atomic E-state index is 11.1. The first kappa shape index (κ1) is 20.8. The first-order chi connectivity index (χ1) is 10.1. The minimum absolute atomic E-state index is 0.0620. The average molecular weight is 317 g/mol. The Labute approximate surface area is 133 Å². The molecule has 0 aromatic heterocycles. The van der Waals surface area contributed by atoms with Gasteiger partial charge in [0.05, 0.1) is 24.4 Å². The van der Waals surface area contributed by atoms with E-state index in [1.165, 1.54) is 6.92 Å². The van der Waals surface area contributed by atoms with Gasteiger partial charge in [-0.1, -0.05) is 0 Å². The first-order valence-corrected chi connectivity index (χ1v) is 7.60. The van der Waals surface area contributed by atoms with E-state index in [1.807, 2.05) is 27.7 Å². The molecule has 0 fully saturated rings. The number of ether oxygens (including phenoxy) is 2. The second-order valence-corrected chi connectivity index (χ2v) is 6.52. The van der Waals surface area contributed by atoms with Gasteiger partial charge in [0.2, 0.25) is 11.8 Å². The van der Waals surface area contributed by atoms with Gasteiger partial charge in [0, 0.05) is 19.9 Å². The number of carbonyl (C=O) groups is 2. The van der Waals surface area contributed by atoms with Crippen molar-refractivity contribution in [2.45, 2.75) is 65.1 Å². The van der Waals surface area contributed by atoms with Crippen LogP contribution in [0, 0.1) is 0 Å². The molecule has 0 aliphatic rings. The van der Waals surface area contributed by atoms with Crippen LogP contribution in [-0.4, -0.2) is 42.8 Å². The predicted octanol–water partition coefficient (Wildman–Crippen LogP) is 0.873. The summed E-state index contributed by atoms with van der Waals surface area (Å²) >= 11 is 0. The summed E-state index contributed by atoms with van der Waals surface area (Å²) < 4.78 is 11.6. The van der Waals surface area contributed by atoms with E-state index in [1.54, 1.807) is 0 Å². The molecule has 0 saturated heterocycles. The predicted molar refractivity (Wildman–Crippen MR) is 84.9 cm³/mol. The van der Waals surface area contributed by atoms with Crippen LogP contribution in [0.3, 0.4) is 0 Å². The number of hydrogen-bond donors (Lipinski definition) is 3. The van der Waals surface area contributed by atoms with E-state index in [0.717, 1.165) is 6.42 Å². The van der Waals surface area contributed by atoms with Crippen LogP contribution in [0.1, 0.15) is 53.9 Å². The zero-order valence-corrected chi connectivity index (χ0v) is 14.5. The highest BCUT2D eigenvalue weighted by atomic mass is 16.5. The second-order valence-electron chi connectivity index (χ2n) is 6.52.